The maximum Gasteiger partial charge on any atom is 0.418 e. The molecule has 0 spiro atoms. The Labute approximate surface area is 190 Å². The van der Waals surface area contributed by atoms with Crippen LogP contribution < -0.4 is 10.9 Å². The largest absolute Gasteiger partial charge is 0.418 e. The van der Waals surface area contributed by atoms with E-state index in [-0.39, 0.29) is 17.0 Å². The molecule has 0 saturated carbocycles. The second kappa shape index (κ2) is 10.5. The molecule has 0 aliphatic heterocycles. The van der Waals surface area contributed by atoms with Gasteiger partial charge in [-0.15, -0.1) is 11.3 Å². The van der Waals surface area contributed by atoms with Crippen LogP contribution in [0.25, 0.3) is 10.2 Å². The number of hydrogen-bond acceptors (Lipinski definition) is 6. The maximum atomic E-state index is 13.2. The number of halogens is 3. The van der Waals surface area contributed by atoms with Gasteiger partial charge in [0.2, 0.25) is 5.91 Å². The van der Waals surface area contributed by atoms with E-state index >= 15 is 0 Å². The topological polar surface area (TPSA) is 73.2 Å². The van der Waals surface area contributed by atoms with Crippen LogP contribution in [0.4, 0.5) is 18.9 Å². The molecule has 0 atom stereocenters. The number of para-hydroxylation sites is 1. The number of fused-ring (bicyclic) bond motifs is 1. The molecular formula is C21H22F3N3O3S2. The van der Waals surface area contributed by atoms with Crippen molar-refractivity contribution in [1.29, 1.82) is 0 Å². The Hall–Kier alpha value is -2.37. The summed E-state index contributed by atoms with van der Waals surface area (Å²) in [6, 6.07) is 6.62. The first-order valence-corrected chi connectivity index (χ1v) is 11.7. The van der Waals surface area contributed by atoms with Crippen molar-refractivity contribution in [2.75, 3.05) is 24.8 Å². The lowest BCUT2D eigenvalue weighted by atomic mass is 10.1. The van der Waals surface area contributed by atoms with E-state index in [2.05, 4.69) is 10.3 Å². The summed E-state index contributed by atoms with van der Waals surface area (Å²) < 4.78 is 46.0. The lowest BCUT2D eigenvalue weighted by molar-refractivity contribution is -0.137. The number of alkyl halides is 3. The molecule has 6 nitrogen and oxygen atoms in total. The van der Waals surface area contributed by atoms with Gasteiger partial charge in [0.25, 0.3) is 5.56 Å². The lowest BCUT2D eigenvalue weighted by Crippen LogP contribution is -2.24. The number of thioether (sulfide) groups is 1. The van der Waals surface area contributed by atoms with E-state index in [4.69, 9.17) is 4.74 Å². The highest BCUT2D eigenvalue weighted by Crippen LogP contribution is 2.34. The molecule has 0 unspecified atom stereocenters. The van der Waals surface area contributed by atoms with E-state index in [0.29, 0.717) is 34.9 Å². The molecule has 1 N–H and O–H groups in total. The summed E-state index contributed by atoms with van der Waals surface area (Å²) in [7, 11) is 1.56. The second-order valence-corrected chi connectivity index (χ2v) is 8.92. The summed E-state index contributed by atoms with van der Waals surface area (Å²) in [5, 5.41) is 3.19. The molecular weight excluding hydrogens is 463 g/mol. The van der Waals surface area contributed by atoms with Crippen molar-refractivity contribution in [3.05, 3.63) is 51.1 Å². The van der Waals surface area contributed by atoms with E-state index in [1.807, 2.05) is 13.0 Å². The molecule has 0 fully saturated rings. The van der Waals surface area contributed by atoms with Crippen LogP contribution >= 0.6 is 23.1 Å². The summed E-state index contributed by atoms with van der Waals surface area (Å²) >= 11 is 2.43. The smallest absolute Gasteiger partial charge is 0.385 e. The third-order valence-electron chi connectivity index (χ3n) is 4.58. The normalized spacial score (nSPS) is 11.8. The number of thiophene rings is 1. The minimum atomic E-state index is -4.58. The van der Waals surface area contributed by atoms with Crippen LogP contribution in [0, 0.1) is 0 Å². The second-order valence-electron chi connectivity index (χ2n) is 6.86. The number of nitrogens with one attached hydrogen (secondary N) is 1. The number of aromatic nitrogens is 2. The van der Waals surface area contributed by atoms with E-state index in [1.165, 1.54) is 34.1 Å². The van der Waals surface area contributed by atoms with Crippen LogP contribution in [0.1, 0.15) is 23.8 Å². The van der Waals surface area contributed by atoms with Crippen molar-refractivity contribution in [3.63, 3.8) is 0 Å². The standard InChI is InChI=1S/C21H22F3N3O3S2/c1-3-13-11-14-18(32-13)26-20(27(19(14)29)9-6-10-30-2)31-12-17(28)25-16-8-5-4-7-15(16)21(22,23)24/h4-5,7-8,11H,3,6,9-10,12H2,1-2H3,(H,25,28). The van der Waals surface area contributed by atoms with Crippen LogP contribution in [0.2, 0.25) is 0 Å². The summed E-state index contributed by atoms with van der Waals surface area (Å²) in [6.07, 6.45) is -3.23. The fraction of sp³-hybridized carbons (Fsp3) is 0.381. The van der Waals surface area contributed by atoms with Gasteiger partial charge < -0.3 is 10.1 Å². The van der Waals surface area contributed by atoms with Gasteiger partial charge in [-0.1, -0.05) is 30.8 Å². The highest BCUT2D eigenvalue weighted by Gasteiger charge is 2.33. The number of benzene rings is 1. The van der Waals surface area contributed by atoms with Gasteiger partial charge in [0, 0.05) is 25.1 Å². The molecule has 1 amide bonds. The van der Waals surface area contributed by atoms with Gasteiger partial charge in [-0.05, 0) is 31.0 Å². The van der Waals surface area contributed by atoms with Crippen LogP contribution in [-0.2, 0) is 28.7 Å². The Balaban J connectivity index is 1.82. The molecule has 2 aromatic heterocycles. The van der Waals surface area contributed by atoms with Gasteiger partial charge in [-0.2, -0.15) is 13.2 Å². The van der Waals surface area contributed by atoms with Gasteiger partial charge in [0.15, 0.2) is 5.16 Å². The Morgan fingerprint density at radius 1 is 1.31 bits per heavy atom. The SMILES string of the molecule is CCc1cc2c(=O)n(CCCOC)c(SCC(=O)Nc3ccccc3C(F)(F)F)nc2s1. The van der Waals surface area contributed by atoms with E-state index < -0.39 is 17.6 Å². The number of rotatable bonds is 9. The molecule has 0 aliphatic carbocycles. The van der Waals surface area contributed by atoms with Gasteiger partial charge in [0.05, 0.1) is 22.4 Å². The predicted octanol–water partition coefficient (Wildman–Crippen LogP) is 4.81. The molecule has 0 aliphatic rings. The summed E-state index contributed by atoms with van der Waals surface area (Å²) in [4.78, 5) is 31.6. The Morgan fingerprint density at radius 3 is 2.75 bits per heavy atom. The van der Waals surface area contributed by atoms with Crippen LogP contribution in [0.5, 0.6) is 0 Å². The predicted molar refractivity (Wildman–Crippen MR) is 121 cm³/mol. The van der Waals surface area contributed by atoms with Gasteiger partial charge in [-0.25, -0.2) is 4.98 Å². The highest BCUT2D eigenvalue weighted by molar-refractivity contribution is 7.99. The molecule has 2 heterocycles. The van der Waals surface area contributed by atoms with Gasteiger partial charge in [-0.3, -0.25) is 14.2 Å². The van der Waals surface area contributed by atoms with Crippen molar-refractivity contribution in [1.82, 2.24) is 9.55 Å². The van der Waals surface area contributed by atoms with Crippen LogP contribution in [-0.4, -0.2) is 34.9 Å². The van der Waals surface area contributed by atoms with Gasteiger partial charge in [0.1, 0.15) is 4.83 Å². The van der Waals surface area contributed by atoms with Crippen molar-refractivity contribution in [2.45, 2.75) is 37.6 Å². The maximum absolute atomic E-state index is 13.2. The molecule has 172 valence electrons. The monoisotopic (exact) mass is 485 g/mol. The summed E-state index contributed by atoms with van der Waals surface area (Å²) in [6.45, 7) is 2.79. The molecule has 3 aromatic rings. The number of nitrogens with zero attached hydrogens (tertiary/aromatic N) is 2. The average Bonchev–Trinajstić information content (AvgIpc) is 3.17. The van der Waals surface area contributed by atoms with Crippen LogP contribution in [0.15, 0.2) is 40.3 Å². The molecule has 0 radical (unpaired) electrons. The Kier molecular flexibility index (Phi) is 7.96. The number of hydrogen-bond donors (Lipinski definition) is 1. The molecule has 32 heavy (non-hydrogen) atoms. The first-order chi connectivity index (χ1) is 15.2. The third kappa shape index (κ3) is 5.70. The van der Waals surface area contributed by atoms with Crippen molar-refractivity contribution in [3.8, 4) is 0 Å². The fourth-order valence-corrected chi connectivity index (χ4v) is 4.89. The van der Waals surface area contributed by atoms with Gasteiger partial charge >= 0.3 is 6.18 Å². The molecule has 0 bridgehead atoms. The van der Waals surface area contributed by atoms with E-state index in [9.17, 15) is 22.8 Å². The summed E-state index contributed by atoms with van der Waals surface area (Å²) in [5.41, 5.74) is -1.43. The quantitative estimate of drug-likeness (QED) is 0.268. The number of amides is 1. The molecule has 11 heteroatoms. The number of methoxy groups -OCH3 is 1. The molecule has 3 rings (SSSR count). The first kappa shape index (κ1) is 24.3. The number of ether oxygens (including phenoxy) is 1. The van der Waals surface area contributed by atoms with Crippen molar-refractivity contribution >= 4 is 44.9 Å². The summed E-state index contributed by atoms with van der Waals surface area (Å²) in [5.74, 6) is -0.814. The molecule has 1 aromatic carbocycles. The lowest BCUT2D eigenvalue weighted by Gasteiger charge is -2.14. The first-order valence-electron chi connectivity index (χ1n) is 9.85. The minimum absolute atomic E-state index is 0.194. The highest BCUT2D eigenvalue weighted by atomic mass is 32.2. The van der Waals surface area contributed by atoms with E-state index in [0.717, 1.165) is 29.1 Å². The minimum Gasteiger partial charge on any atom is -0.385 e. The van der Waals surface area contributed by atoms with Crippen LogP contribution in [0.3, 0.4) is 0 Å². The average molecular weight is 486 g/mol. The zero-order valence-electron chi connectivity index (χ0n) is 17.5. The van der Waals surface area contributed by atoms with E-state index in [1.54, 1.807) is 7.11 Å². The third-order valence-corrected chi connectivity index (χ3v) is 6.73. The van der Waals surface area contributed by atoms with Crippen molar-refractivity contribution in [2.24, 2.45) is 0 Å². The number of carbonyl (C=O) groups excluding carboxylic acids is 1. The Morgan fingerprint density at radius 2 is 2.06 bits per heavy atom. The molecule has 0 saturated heterocycles. The zero-order valence-corrected chi connectivity index (χ0v) is 19.1. The fourth-order valence-electron chi connectivity index (χ4n) is 3.05. The number of anilines is 1. The van der Waals surface area contributed by atoms with Crippen molar-refractivity contribution < 1.29 is 22.7 Å². The zero-order chi connectivity index (χ0) is 23.3. The number of aryl methyl sites for hydroxylation is 1. The Bertz CT molecular complexity index is 1160. The number of carbonyl (C=O) groups is 1.